The molecule has 0 aliphatic rings. The maximum absolute atomic E-state index is 13.5. The smallest absolute Gasteiger partial charge is 0.146 e. The first kappa shape index (κ1) is 12.5. The predicted molar refractivity (Wildman–Crippen MR) is 67.5 cm³/mol. The Hall–Kier alpha value is -1.97. The third-order valence-electron chi connectivity index (χ3n) is 2.70. The fraction of sp³-hybridized carbons (Fsp3) is 0.214. The van der Waals surface area contributed by atoms with Crippen LogP contribution in [0.25, 0.3) is 0 Å². The van der Waals surface area contributed by atoms with Crippen LogP contribution in [0.5, 0.6) is 0 Å². The zero-order valence-electron chi connectivity index (χ0n) is 10.1. The lowest BCUT2D eigenvalue weighted by Crippen LogP contribution is -2.07. The van der Waals surface area contributed by atoms with Gasteiger partial charge in [0.15, 0.2) is 0 Å². The Morgan fingerprint density at radius 2 is 2.06 bits per heavy atom. The van der Waals surface area contributed by atoms with E-state index in [4.69, 9.17) is 0 Å². The Balaban J connectivity index is 1.97. The Bertz CT molecular complexity index is 527. The van der Waals surface area contributed by atoms with Gasteiger partial charge in [0.05, 0.1) is 5.69 Å². The Morgan fingerprint density at radius 3 is 2.78 bits per heavy atom. The molecule has 0 spiro atoms. The van der Waals surface area contributed by atoms with Gasteiger partial charge in [0.2, 0.25) is 0 Å². The van der Waals surface area contributed by atoms with Gasteiger partial charge in [-0.05, 0) is 36.6 Å². The van der Waals surface area contributed by atoms with Gasteiger partial charge in [-0.2, -0.15) is 0 Å². The van der Waals surface area contributed by atoms with Crippen molar-refractivity contribution in [1.29, 1.82) is 0 Å². The zero-order valence-corrected chi connectivity index (χ0v) is 10.1. The van der Waals surface area contributed by atoms with Crippen molar-refractivity contribution in [2.75, 3.05) is 11.9 Å². The number of aromatic nitrogens is 1. The first-order valence-corrected chi connectivity index (χ1v) is 5.75. The molecule has 2 nitrogen and oxygen atoms in total. The number of anilines is 1. The van der Waals surface area contributed by atoms with Crippen molar-refractivity contribution in [2.24, 2.45) is 0 Å². The zero-order chi connectivity index (χ0) is 13.0. The van der Waals surface area contributed by atoms with Crippen LogP contribution in [0.4, 0.5) is 14.5 Å². The monoisotopic (exact) mass is 248 g/mol. The van der Waals surface area contributed by atoms with Crippen LogP contribution in [-0.4, -0.2) is 11.5 Å². The summed E-state index contributed by atoms with van der Waals surface area (Å²) in [5.41, 5.74) is 1.56. The summed E-state index contributed by atoms with van der Waals surface area (Å²) in [5, 5.41) is 2.89. The second-order valence-corrected chi connectivity index (χ2v) is 4.12. The van der Waals surface area contributed by atoms with E-state index in [1.54, 1.807) is 12.4 Å². The molecule has 0 aliphatic carbocycles. The fourth-order valence-electron chi connectivity index (χ4n) is 1.67. The summed E-state index contributed by atoms with van der Waals surface area (Å²) >= 11 is 0. The van der Waals surface area contributed by atoms with Gasteiger partial charge >= 0.3 is 0 Å². The van der Waals surface area contributed by atoms with Gasteiger partial charge in [0.25, 0.3) is 0 Å². The maximum Gasteiger partial charge on any atom is 0.146 e. The van der Waals surface area contributed by atoms with Crippen molar-refractivity contribution in [1.82, 2.24) is 4.98 Å². The highest BCUT2D eigenvalue weighted by atomic mass is 19.1. The lowest BCUT2D eigenvalue weighted by molar-refractivity contribution is 0.594. The van der Waals surface area contributed by atoms with Crippen molar-refractivity contribution in [3.8, 4) is 0 Å². The lowest BCUT2D eigenvalue weighted by atomic mass is 10.2. The van der Waals surface area contributed by atoms with E-state index in [0.29, 0.717) is 18.5 Å². The van der Waals surface area contributed by atoms with Crippen LogP contribution in [0.2, 0.25) is 0 Å². The molecule has 0 aliphatic heterocycles. The van der Waals surface area contributed by atoms with E-state index in [0.717, 1.165) is 5.56 Å². The van der Waals surface area contributed by atoms with Crippen molar-refractivity contribution in [3.63, 3.8) is 0 Å². The van der Waals surface area contributed by atoms with Crippen molar-refractivity contribution < 1.29 is 8.78 Å². The number of nitrogens with zero attached hydrogens (tertiary/aromatic N) is 1. The summed E-state index contributed by atoms with van der Waals surface area (Å²) in [4.78, 5) is 3.99. The van der Waals surface area contributed by atoms with Crippen LogP contribution in [0, 0.1) is 18.6 Å². The largest absolute Gasteiger partial charge is 0.382 e. The molecular weight excluding hydrogens is 234 g/mol. The first-order chi connectivity index (χ1) is 8.66. The Kier molecular flexibility index (Phi) is 3.87. The summed E-state index contributed by atoms with van der Waals surface area (Å²) in [7, 11) is 0. The molecule has 4 heteroatoms. The van der Waals surface area contributed by atoms with Gasteiger partial charge in [-0.3, -0.25) is 4.98 Å². The summed E-state index contributed by atoms with van der Waals surface area (Å²) in [6, 6.07) is 6.18. The molecule has 1 N–H and O–H groups in total. The molecule has 0 bridgehead atoms. The second-order valence-electron chi connectivity index (χ2n) is 4.12. The van der Waals surface area contributed by atoms with E-state index in [-0.39, 0.29) is 5.69 Å². The van der Waals surface area contributed by atoms with E-state index < -0.39 is 11.6 Å². The van der Waals surface area contributed by atoms with E-state index in [1.807, 2.05) is 12.1 Å². The molecule has 0 fully saturated rings. The number of rotatable bonds is 4. The summed E-state index contributed by atoms with van der Waals surface area (Å²) in [5.74, 6) is -0.833. The van der Waals surface area contributed by atoms with E-state index >= 15 is 0 Å². The van der Waals surface area contributed by atoms with Gasteiger partial charge < -0.3 is 5.32 Å². The second kappa shape index (κ2) is 5.58. The quantitative estimate of drug-likeness (QED) is 0.897. The molecule has 1 aromatic carbocycles. The van der Waals surface area contributed by atoms with Crippen molar-refractivity contribution >= 4 is 5.69 Å². The molecule has 94 valence electrons. The molecule has 0 saturated carbocycles. The normalized spacial score (nSPS) is 10.4. The van der Waals surface area contributed by atoms with Crippen molar-refractivity contribution in [3.05, 3.63) is 59.4 Å². The molecule has 1 aromatic heterocycles. The molecule has 0 saturated heterocycles. The average Bonchev–Trinajstić information content (AvgIpc) is 2.37. The van der Waals surface area contributed by atoms with E-state index in [1.165, 1.54) is 19.1 Å². The van der Waals surface area contributed by atoms with Crippen molar-refractivity contribution in [2.45, 2.75) is 13.3 Å². The van der Waals surface area contributed by atoms with Crippen LogP contribution in [0.3, 0.4) is 0 Å². The number of benzene rings is 1. The molecule has 2 rings (SSSR count). The topological polar surface area (TPSA) is 24.9 Å². The molecule has 0 radical (unpaired) electrons. The highest BCUT2D eigenvalue weighted by Gasteiger charge is 2.06. The lowest BCUT2D eigenvalue weighted by Gasteiger charge is -2.08. The van der Waals surface area contributed by atoms with Crippen LogP contribution in [0.1, 0.15) is 11.1 Å². The standard InChI is InChI=1S/C14H14F2N2/c1-10-7-13(16)14(8-12(10)15)18-6-4-11-3-2-5-17-9-11/h2-3,5,7-9,18H,4,6H2,1H3. The number of halogens is 2. The number of aryl methyl sites for hydroxylation is 1. The minimum atomic E-state index is -0.430. The first-order valence-electron chi connectivity index (χ1n) is 5.75. The molecular formula is C14H14F2N2. The number of hydrogen-bond acceptors (Lipinski definition) is 2. The summed E-state index contributed by atoms with van der Waals surface area (Å²) < 4.78 is 26.8. The molecule has 2 aromatic rings. The van der Waals surface area contributed by atoms with Crippen LogP contribution >= 0.6 is 0 Å². The van der Waals surface area contributed by atoms with Gasteiger partial charge in [-0.25, -0.2) is 8.78 Å². The minimum Gasteiger partial charge on any atom is -0.382 e. The highest BCUT2D eigenvalue weighted by molar-refractivity contribution is 5.46. The molecule has 0 amide bonds. The van der Waals surface area contributed by atoms with Crippen LogP contribution in [-0.2, 0) is 6.42 Å². The Morgan fingerprint density at radius 1 is 1.22 bits per heavy atom. The van der Waals surface area contributed by atoms with E-state index in [9.17, 15) is 8.78 Å². The summed E-state index contributed by atoms with van der Waals surface area (Å²) in [6.07, 6.45) is 4.17. The fourth-order valence-corrected chi connectivity index (χ4v) is 1.67. The van der Waals surface area contributed by atoms with Crippen LogP contribution < -0.4 is 5.32 Å². The minimum absolute atomic E-state index is 0.196. The van der Waals surface area contributed by atoms with Gasteiger partial charge in [0, 0.05) is 25.0 Å². The van der Waals surface area contributed by atoms with Gasteiger partial charge in [0.1, 0.15) is 11.6 Å². The van der Waals surface area contributed by atoms with Gasteiger partial charge in [-0.15, -0.1) is 0 Å². The molecule has 18 heavy (non-hydrogen) atoms. The molecule has 0 atom stereocenters. The van der Waals surface area contributed by atoms with Gasteiger partial charge in [-0.1, -0.05) is 6.07 Å². The summed E-state index contributed by atoms with van der Waals surface area (Å²) in [6.45, 7) is 2.07. The third-order valence-corrected chi connectivity index (χ3v) is 2.70. The average molecular weight is 248 g/mol. The Labute approximate surface area is 105 Å². The predicted octanol–water partition coefficient (Wildman–Crippen LogP) is 3.32. The van der Waals surface area contributed by atoms with Crippen LogP contribution in [0.15, 0.2) is 36.7 Å². The number of nitrogens with one attached hydrogen (secondary N) is 1. The van der Waals surface area contributed by atoms with E-state index in [2.05, 4.69) is 10.3 Å². The number of hydrogen-bond donors (Lipinski definition) is 1. The maximum atomic E-state index is 13.5. The third kappa shape index (κ3) is 3.03. The molecule has 0 unspecified atom stereocenters. The number of pyridine rings is 1. The highest BCUT2D eigenvalue weighted by Crippen LogP contribution is 2.18. The molecule has 1 heterocycles. The SMILES string of the molecule is Cc1cc(F)c(NCCc2cccnc2)cc1F.